The zero-order chi connectivity index (χ0) is 25.5. The lowest BCUT2D eigenvalue weighted by atomic mass is 10.1. The van der Waals surface area contributed by atoms with E-state index in [0.29, 0.717) is 47.3 Å². The van der Waals surface area contributed by atoms with E-state index in [1.54, 1.807) is 25.3 Å². The largest absolute Gasteiger partial charge is 0.497 e. The van der Waals surface area contributed by atoms with Crippen molar-refractivity contribution in [3.8, 4) is 17.2 Å². The van der Waals surface area contributed by atoms with E-state index in [1.165, 1.54) is 18.7 Å². The predicted molar refractivity (Wildman–Crippen MR) is 134 cm³/mol. The third kappa shape index (κ3) is 10.4. The van der Waals surface area contributed by atoms with Gasteiger partial charge in [0.1, 0.15) is 23.6 Å². The molecule has 9 nitrogen and oxygen atoms in total. The summed E-state index contributed by atoms with van der Waals surface area (Å²) in [5, 5.41) is 3.40. The minimum absolute atomic E-state index is 0.0624. The maximum atomic E-state index is 11.8. The highest BCUT2D eigenvalue weighted by Gasteiger charge is 2.06. The molecule has 0 fully saturated rings. The molecule has 0 radical (unpaired) electrons. The lowest BCUT2D eigenvalue weighted by Crippen LogP contribution is -2.22. The first-order valence-corrected chi connectivity index (χ1v) is 11.4. The zero-order valence-electron chi connectivity index (χ0n) is 19.6. The van der Waals surface area contributed by atoms with Crippen molar-refractivity contribution in [3.63, 3.8) is 0 Å². The van der Waals surface area contributed by atoms with Crippen LogP contribution in [0.15, 0.2) is 61.2 Å². The van der Waals surface area contributed by atoms with E-state index in [2.05, 4.69) is 15.3 Å². The summed E-state index contributed by atoms with van der Waals surface area (Å²) in [7, 11) is 1.59. The van der Waals surface area contributed by atoms with Crippen molar-refractivity contribution in [2.45, 2.75) is 32.2 Å². The smallest absolute Gasteiger partial charge is 0.251 e. The van der Waals surface area contributed by atoms with Crippen LogP contribution in [0.3, 0.4) is 0 Å². The van der Waals surface area contributed by atoms with Crippen LogP contribution in [0, 0.1) is 0 Å². The number of nitrogens with zero attached hydrogens (tertiary/aromatic N) is 2. The number of amides is 2. The summed E-state index contributed by atoms with van der Waals surface area (Å²) < 4.78 is 10.9. The third-order valence-corrected chi connectivity index (χ3v) is 5.03. The summed E-state index contributed by atoms with van der Waals surface area (Å²) >= 11 is 6.18. The number of methoxy groups -OCH3 is 1. The summed E-state index contributed by atoms with van der Waals surface area (Å²) in [6, 6.07) is 12.8. The van der Waals surface area contributed by atoms with E-state index in [9.17, 15) is 9.59 Å². The maximum Gasteiger partial charge on any atom is 0.251 e. The molecule has 10 heteroatoms. The fraction of sp³-hybridized carbons (Fsp3) is 0.280. The molecule has 0 saturated carbocycles. The molecule has 2 amide bonds. The van der Waals surface area contributed by atoms with Gasteiger partial charge in [-0.3, -0.25) is 9.59 Å². The third-order valence-electron chi connectivity index (χ3n) is 4.73. The summed E-state index contributed by atoms with van der Waals surface area (Å²) in [6.07, 6.45) is 7.45. The molecule has 0 spiro atoms. The van der Waals surface area contributed by atoms with Gasteiger partial charge in [-0.05, 0) is 49.2 Å². The van der Waals surface area contributed by atoms with Gasteiger partial charge < -0.3 is 26.3 Å². The Morgan fingerprint density at radius 3 is 2.26 bits per heavy atom. The number of halogens is 1. The quantitative estimate of drug-likeness (QED) is 0.340. The van der Waals surface area contributed by atoms with Crippen LogP contribution in [-0.4, -0.2) is 35.4 Å². The molecule has 3 rings (SSSR count). The van der Waals surface area contributed by atoms with E-state index in [4.69, 9.17) is 32.5 Å². The van der Waals surface area contributed by atoms with Gasteiger partial charge in [0, 0.05) is 31.4 Å². The number of ether oxygens (including phenoxy) is 2. The molecule has 1 aromatic heterocycles. The van der Waals surface area contributed by atoms with Crippen LogP contribution < -0.4 is 26.3 Å². The monoisotopic (exact) mass is 499 g/mol. The Labute approximate surface area is 209 Å². The van der Waals surface area contributed by atoms with Crippen LogP contribution in [0.2, 0.25) is 5.02 Å². The fourth-order valence-electron chi connectivity index (χ4n) is 2.82. The van der Waals surface area contributed by atoms with Gasteiger partial charge >= 0.3 is 0 Å². The zero-order valence-corrected chi connectivity index (χ0v) is 20.3. The average Bonchev–Trinajstić information content (AvgIpc) is 2.88. The minimum atomic E-state index is -0.504. The Balaban J connectivity index is 0.000000402. The van der Waals surface area contributed by atoms with Gasteiger partial charge in [0.05, 0.1) is 17.7 Å². The Hall–Kier alpha value is -3.69. The highest BCUT2D eigenvalue weighted by atomic mass is 35.5. The van der Waals surface area contributed by atoms with Crippen molar-refractivity contribution < 1.29 is 19.1 Å². The summed E-state index contributed by atoms with van der Waals surface area (Å²) in [5.74, 6) is 1.47. The van der Waals surface area contributed by atoms with Crippen molar-refractivity contribution in [1.82, 2.24) is 15.3 Å². The molecule has 0 saturated heterocycles. The molecule has 0 unspecified atom stereocenters. The van der Waals surface area contributed by atoms with Crippen LogP contribution >= 0.6 is 11.6 Å². The summed E-state index contributed by atoms with van der Waals surface area (Å²) in [4.78, 5) is 29.3. The van der Waals surface area contributed by atoms with E-state index in [-0.39, 0.29) is 5.91 Å². The number of hydrogen-bond donors (Lipinski definition) is 3. The van der Waals surface area contributed by atoms with Gasteiger partial charge in [0.15, 0.2) is 0 Å². The molecule has 0 aliphatic rings. The predicted octanol–water partition coefficient (Wildman–Crippen LogP) is 3.85. The molecule has 0 atom stereocenters. The Kier molecular flexibility index (Phi) is 12.0. The number of carbonyl (C=O) groups is 2. The number of aromatic nitrogens is 2. The second-order valence-electron chi connectivity index (χ2n) is 7.41. The van der Waals surface area contributed by atoms with Crippen LogP contribution in [-0.2, 0) is 11.3 Å². The maximum absolute atomic E-state index is 11.8. The molecule has 0 bridgehead atoms. The van der Waals surface area contributed by atoms with Crippen LogP contribution in [0.1, 0.15) is 41.6 Å². The summed E-state index contributed by atoms with van der Waals surface area (Å²) in [6.45, 7) is 1.18. The lowest BCUT2D eigenvalue weighted by molar-refractivity contribution is -0.121. The minimum Gasteiger partial charge on any atom is -0.497 e. The Morgan fingerprint density at radius 1 is 1.00 bits per heavy atom. The summed E-state index contributed by atoms with van der Waals surface area (Å²) in [5.41, 5.74) is 11.7. The van der Waals surface area contributed by atoms with Crippen molar-refractivity contribution in [2.75, 3.05) is 13.7 Å². The molecule has 5 N–H and O–H groups in total. The highest BCUT2D eigenvalue weighted by molar-refractivity contribution is 6.32. The SMILES string of the molecule is COc1ccc(Oc2ccc(CNC(=O)CCCCCN)cc2)c(Cl)c1.NC(=O)c1cncnc1. The fourth-order valence-corrected chi connectivity index (χ4v) is 3.02. The van der Waals surface area contributed by atoms with E-state index in [0.717, 1.165) is 24.8 Å². The van der Waals surface area contributed by atoms with E-state index >= 15 is 0 Å². The number of benzene rings is 2. The number of hydrogen-bond acceptors (Lipinski definition) is 7. The van der Waals surface area contributed by atoms with Crippen LogP contribution in [0.4, 0.5) is 0 Å². The molecule has 2 aromatic carbocycles. The first-order valence-electron chi connectivity index (χ1n) is 11.0. The van der Waals surface area contributed by atoms with E-state index < -0.39 is 5.91 Å². The molecule has 1 heterocycles. The number of unbranched alkanes of at least 4 members (excludes halogenated alkanes) is 2. The molecular formula is C25H30ClN5O4. The second kappa shape index (κ2) is 15.3. The van der Waals surface area contributed by atoms with Gasteiger partial charge in [0.25, 0.3) is 5.91 Å². The Morgan fingerprint density at radius 2 is 1.69 bits per heavy atom. The lowest BCUT2D eigenvalue weighted by Gasteiger charge is -2.10. The van der Waals surface area contributed by atoms with Gasteiger partial charge in [-0.1, -0.05) is 30.2 Å². The average molecular weight is 500 g/mol. The molecule has 0 aliphatic heterocycles. The van der Waals surface area contributed by atoms with Crippen molar-refractivity contribution >= 4 is 23.4 Å². The number of carbonyl (C=O) groups excluding carboxylic acids is 2. The molecular weight excluding hydrogens is 470 g/mol. The van der Waals surface area contributed by atoms with Crippen LogP contribution in [0.25, 0.3) is 0 Å². The number of rotatable bonds is 11. The van der Waals surface area contributed by atoms with Crippen molar-refractivity contribution in [2.24, 2.45) is 11.5 Å². The first kappa shape index (κ1) is 27.6. The Bertz CT molecular complexity index is 1070. The highest BCUT2D eigenvalue weighted by Crippen LogP contribution is 2.32. The van der Waals surface area contributed by atoms with Crippen molar-refractivity contribution in [1.29, 1.82) is 0 Å². The molecule has 35 heavy (non-hydrogen) atoms. The van der Waals surface area contributed by atoms with Gasteiger partial charge in [0.2, 0.25) is 5.91 Å². The van der Waals surface area contributed by atoms with Crippen LogP contribution in [0.5, 0.6) is 17.2 Å². The number of primary amides is 1. The van der Waals surface area contributed by atoms with Crippen molar-refractivity contribution in [3.05, 3.63) is 77.3 Å². The topological polar surface area (TPSA) is 142 Å². The molecule has 0 aliphatic carbocycles. The van der Waals surface area contributed by atoms with Gasteiger partial charge in [-0.25, -0.2) is 9.97 Å². The second-order valence-corrected chi connectivity index (χ2v) is 7.82. The normalized spacial score (nSPS) is 10.0. The van der Waals surface area contributed by atoms with E-state index in [1.807, 2.05) is 24.3 Å². The molecule has 186 valence electrons. The number of nitrogens with one attached hydrogen (secondary N) is 1. The number of nitrogens with two attached hydrogens (primary N) is 2. The standard InChI is InChI=1S/C20H25ClN2O3.C5H5N3O/c1-25-17-10-11-19(18(21)13-17)26-16-8-6-15(7-9-16)14-23-20(24)5-3-2-4-12-22;6-5(9)4-1-7-3-8-2-4/h6-11,13H,2-5,12,14,22H2,1H3,(H,23,24);1-3H,(H2,6,9). The van der Waals surface area contributed by atoms with Gasteiger partial charge in [-0.2, -0.15) is 0 Å². The van der Waals surface area contributed by atoms with Gasteiger partial charge in [-0.15, -0.1) is 0 Å². The first-order chi connectivity index (χ1) is 16.9. The molecule has 3 aromatic rings.